The molecule has 3 nitrogen and oxygen atoms in total. The van der Waals surface area contributed by atoms with Crippen molar-refractivity contribution in [3.8, 4) is 0 Å². The van der Waals surface area contributed by atoms with Crippen LogP contribution in [0.25, 0.3) is 11.1 Å². The van der Waals surface area contributed by atoms with Gasteiger partial charge in [0.05, 0.1) is 6.04 Å². The first-order valence-electron chi connectivity index (χ1n) is 6.58. The smallest absolute Gasteiger partial charge is 0.212 e. The number of hydrogen-bond donors (Lipinski definition) is 1. The van der Waals surface area contributed by atoms with Gasteiger partial charge in [-0.25, -0.2) is 4.98 Å². The lowest BCUT2D eigenvalue weighted by atomic mass is 10.1. The predicted octanol–water partition coefficient (Wildman–Crippen LogP) is 4.22. The largest absolute Gasteiger partial charge is 0.439 e. The molecule has 0 amide bonds. The number of halogens is 1. The van der Waals surface area contributed by atoms with Gasteiger partial charge in [0.2, 0.25) is 5.89 Å². The second-order valence-corrected chi connectivity index (χ2v) is 5.71. The van der Waals surface area contributed by atoms with Crippen LogP contribution in [0, 0.1) is 0 Å². The molecule has 1 heterocycles. The summed E-state index contributed by atoms with van der Waals surface area (Å²) in [7, 11) is 0. The monoisotopic (exact) mass is 330 g/mol. The van der Waals surface area contributed by atoms with Gasteiger partial charge in [0, 0.05) is 4.47 Å². The van der Waals surface area contributed by atoms with Crippen molar-refractivity contribution in [2.75, 3.05) is 0 Å². The summed E-state index contributed by atoms with van der Waals surface area (Å²) in [6.45, 7) is 0. The number of nitrogens with zero attached hydrogens (tertiary/aromatic N) is 1. The molecule has 1 unspecified atom stereocenters. The minimum atomic E-state index is -0.179. The van der Waals surface area contributed by atoms with Crippen LogP contribution in [0.1, 0.15) is 23.9 Å². The number of benzene rings is 2. The van der Waals surface area contributed by atoms with Crippen molar-refractivity contribution in [1.82, 2.24) is 4.98 Å². The summed E-state index contributed by atoms with van der Waals surface area (Å²) in [5.74, 6) is 0.606. The molecule has 3 rings (SSSR count). The third-order valence-electron chi connectivity index (χ3n) is 3.27. The SMILES string of the molecule is NC(CCc1ccccc1)c1nc2cc(Br)ccc2o1. The molecule has 2 aromatic carbocycles. The number of aromatic nitrogens is 1. The molecule has 0 saturated carbocycles. The number of nitrogens with two attached hydrogens (primary N) is 1. The van der Waals surface area contributed by atoms with Crippen molar-refractivity contribution in [2.24, 2.45) is 5.73 Å². The van der Waals surface area contributed by atoms with Crippen molar-refractivity contribution >= 4 is 27.0 Å². The second-order valence-electron chi connectivity index (χ2n) is 4.79. The molecule has 0 aliphatic carbocycles. The van der Waals surface area contributed by atoms with Crippen LogP contribution in [0.5, 0.6) is 0 Å². The molecule has 102 valence electrons. The van der Waals surface area contributed by atoms with E-state index in [1.807, 2.05) is 36.4 Å². The van der Waals surface area contributed by atoms with Crippen molar-refractivity contribution in [3.05, 3.63) is 64.5 Å². The van der Waals surface area contributed by atoms with Crippen LogP contribution in [0.3, 0.4) is 0 Å². The highest BCUT2D eigenvalue weighted by Crippen LogP contribution is 2.24. The fourth-order valence-electron chi connectivity index (χ4n) is 2.17. The molecular formula is C16H15BrN2O. The first-order chi connectivity index (χ1) is 9.72. The van der Waals surface area contributed by atoms with E-state index in [9.17, 15) is 0 Å². The van der Waals surface area contributed by atoms with Gasteiger partial charge in [-0.2, -0.15) is 0 Å². The van der Waals surface area contributed by atoms with Gasteiger partial charge in [0.25, 0.3) is 0 Å². The van der Waals surface area contributed by atoms with E-state index in [4.69, 9.17) is 10.2 Å². The molecule has 2 N–H and O–H groups in total. The summed E-state index contributed by atoms with van der Waals surface area (Å²) in [4.78, 5) is 4.46. The summed E-state index contributed by atoms with van der Waals surface area (Å²) in [5, 5.41) is 0. The quantitative estimate of drug-likeness (QED) is 0.779. The van der Waals surface area contributed by atoms with Crippen LogP contribution in [-0.4, -0.2) is 4.98 Å². The van der Waals surface area contributed by atoms with Gasteiger partial charge in [-0.1, -0.05) is 46.3 Å². The molecule has 0 bridgehead atoms. The van der Waals surface area contributed by atoms with Gasteiger partial charge in [-0.15, -0.1) is 0 Å². The molecule has 20 heavy (non-hydrogen) atoms. The predicted molar refractivity (Wildman–Crippen MR) is 83.4 cm³/mol. The maximum Gasteiger partial charge on any atom is 0.212 e. The normalized spacial score (nSPS) is 12.7. The Morgan fingerprint density at radius 3 is 2.75 bits per heavy atom. The molecular weight excluding hydrogens is 316 g/mol. The average Bonchev–Trinajstić information content (AvgIpc) is 2.89. The lowest BCUT2D eigenvalue weighted by molar-refractivity contribution is 0.459. The van der Waals surface area contributed by atoms with E-state index in [1.54, 1.807) is 0 Å². The van der Waals surface area contributed by atoms with Crippen LogP contribution in [-0.2, 0) is 6.42 Å². The van der Waals surface area contributed by atoms with Crippen molar-refractivity contribution < 1.29 is 4.42 Å². The number of oxazole rings is 1. The number of rotatable bonds is 4. The maximum absolute atomic E-state index is 6.18. The standard InChI is InChI=1S/C16H15BrN2O/c17-12-7-9-15-14(10-12)19-16(20-15)13(18)8-6-11-4-2-1-3-5-11/h1-5,7,9-10,13H,6,8,18H2. The Hall–Kier alpha value is -1.65. The second kappa shape index (κ2) is 5.77. The Morgan fingerprint density at radius 1 is 1.15 bits per heavy atom. The highest BCUT2D eigenvalue weighted by atomic mass is 79.9. The van der Waals surface area contributed by atoms with Gasteiger partial charge in [0.1, 0.15) is 5.52 Å². The molecule has 4 heteroatoms. The molecule has 0 radical (unpaired) electrons. The van der Waals surface area contributed by atoms with Crippen molar-refractivity contribution in [1.29, 1.82) is 0 Å². The highest BCUT2D eigenvalue weighted by Gasteiger charge is 2.14. The van der Waals surface area contributed by atoms with Gasteiger partial charge >= 0.3 is 0 Å². The minimum absolute atomic E-state index is 0.179. The molecule has 3 aromatic rings. The maximum atomic E-state index is 6.18. The number of hydrogen-bond acceptors (Lipinski definition) is 3. The Bertz CT molecular complexity index is 709. The Labute approximate surface area is 125 Å². The van der Waals surface area contributed by atoms with E-state index in [-0.39, 0.29) is 6.04 Å². The molecule has 0 fully saturated rings. The van der Waals surface area contributed by atoms with Crippen LogP contribution >= 0.6 is 15.9 Å². The summed E-state index contributed by atoms with van der Waals surface area (Å²) in [6, 6.07) is 15.9. The molecule has 1 aromatic heterocycles. The zero-order chi connectivity index (χ0) is 13.9. The van der Waals surface area contributed by atoms with E-state index in [2.05, 4.69) is 33.0 Å². The van der Waals surface area contributed by atoms with E-state index in [0.29, 0.717) is 5.89 Å². The third kappa shape index (κ3) is 2.92. The average molecular weight is 331 g/mol. The van der Waals surface area contributed by atoms with Gasteiger partial charge in [-0.3, -0.25) is 0 Å². The van der Waals surface area contributed by atoms with Crippen molar-refractivity contribution in [3.63, 3.8) is 0 Å². The fourth-order valence-corrected chi connectivity index (χ4v) is 2.52. The molecule has 1 atom stereocenters. The topological polar surface area (TPSA) is 52.0 Å². The van der Waals surface area contributed by atoms with E-state index < -0.39 is 0 Å². The lowest BCUT2D eigenvalue weighted by Gasteiger charge is -2.06. The molecule has 0 aliphatic rings. The molecule has 0 spiro atoms. The van der Waals surface area contributed by atoms with Crippen LogP contribution in [0.4, 0.5) is 0 Å². The fraction of sp³-hybridized carbons (Fsp3) is 0.188. The molecule has 0 saturated heterocycles. The Kier molecular flexibility index (Phi) is 3.85. The zero-order valence-electron chi connectivity index (χ0n) is 10.9. The van der Waals surface area contributed by atoms with Crippen molar-refractivity contribution in [2.45, 2.75) is 18.9 Å². The van der Waals surface area contributed by atoms with Gasteiger partial charge < -0.3 is 10.2 Å². The lowest BCUT2D eigenvalue weighted by Crippen LogP contribution is -2.11. The summed E-state index contributed by atoms with van der Waals surface area (Å²) in [6.07, 6.45) is 1.74. The first kappa shape index (κ1) is 13.3. The van der Waals surface area contributed by atoms with Gasteiger partial charge in [0.15, 0.2) is 5.58 Å². The number of aryl methyl sites for hydroxylation is 1. The van der Waals surface area contributed by atoms with Crippen LogP contribution in [0.15, 0.2) is 57.4 Å². The summed E-state index contributed by atoms with van der Waals surface area (Å²) < 4.78 is 6.70. The van der Waals surface area contributed by atoms with E-state index in [1.165, 1.54) is 5.56 Å². The highest BCUT2D eigenvalue weighted by molar-refractivity contribution is 9.10. The summed E-state index contributed by atoms with van der Waals surface area (Å²) >= 11 is 3.43. The zero-order valence-corrected chi connectivity index (χ0v) is 12.5. The van der Waals surface area contributed by atoms with E-state index >= 15 is 0 Å². The summed E-state index contributed by atoms with van der Waals surface area (Å²) in [5.41, 5.74) is 9.07. The minimum Gasteiger partial charge on any atom is -0.439 e. The van der Waals surface area contributed by atoms with Gasteiger partial charge in [-0.05, 0) is 36.6 Å². The molecule has 0 aliphatic heterocycles. The van der Waals surface area contributed by atoms with Crippen LogP contribution in [0.2, 0.25) is 0 Å². The Balaban J connectivity index is 1.73. The van der Waals surface area contributed by atoms with Crippen LogP contribution < -0.4 is 5.73 Å². The number of fused-ring (bicyclic) bond motifs is 1. The Morgan fingerprint density at radius 2 is 1.95 bits per heavy atom. The third-order valence-corrected chi connectivity index (χ3v) is 3.76. The first-order valence-corrected chi connectivity index (χ1v) is 7.37. The van der Waals surface area contributed by atoms with E-state index in [0.717, 1.165) is 28.4 Å².